The summed E-state index contributed by atoms with van der Waals surface area (Å²) in [6, 6.07) is 10.2. The van der Waals surface area contributed by atoms with Crippen LogP contribution < -0.4 is 5.73 Å². The monoisotopic (exact) mass is 394 g/mol. The van der Waals surface area contributed by atoms with Crippen LogP contribution in [0.4, 0.5) is 5.82 Å². The molecular formula is C21H22N4O2S. The summed E-state index contributed by atoms with van der Waals surface area (Å²) in [4.78, 5) is 25.2. The number of thioether (sulfide) groups is 1. The number of carboxylic acid groups (broad SMARTS) is 1. The molecule has 0 spiro atoms. The van der Waals surface area contributed by atoms with E-state index in [2.05, 4.69) is 22.1 Å². The van der Waals surface area contributed by atoms with Gasteiger partial charge in [-0.15, -0.1) is 0 Å². The van der Waals surface area contributed by atoms with Crippen molar-refractivity contribution in [3.05, 3.63) is 41.6 Å². The largest absolute Gasteiger partial charge is 0.480 e. The SMILES string of the molecule is CCC(Sc1nc(N)c2c(-c3ccccc3)c3c(nc2n1)CCCC3)C(=O)O. The molecule has 0 saturated carbocycles. The molecule has 1 aliphatic carbocycles. The second kappa shape index (κ2) is 7.75. The molecule has 0 aliphatic heterocycles. The van der Waals surface area contributed by atoms with Crippen molar-refractivity contribution in [2.75, 3.05) is 5.73 Å². The fraction of sp³-hybridized carbons (Fsp3) is 0.333. The van der Waals surface area contributed by atoms with Crippen molar-refractivity contribution >= 4 is 34.6 Å². The van der Waals surface area contributed by atoms with Gasteiger partial charge in [0, 0.05) is 11.3 Å². The highest BCUT2D eigenvalue weighted by Gasteiger charge is 2.24. The second-order valence-corrected chi connectivity index (χ2v) is 8.10. The van der Waals surface area contributed by atoms with Gasteiger partial charge in [0.25, 0.3) is 0 Å². The first kappa shape index (κ1) is 18.7. The molecule has 0 bridgehead atoms. The van der Waals surface area contributed by atoms with Crippen LogP contribution in [0.2, 0.25) is 0 Å². The lowest BCUT2D eigenvalue weighted by Gasteiger charge is -2.21. The second-order valence-electron chi connectivity index (χ2n) is 6.93. The molecule has 1 aromatic carbocycles. The van der Waals surface area contributed by atoms with Gasteiger partial charge in [0.2, 0.25) is 0 Å². The molecule has 0 radical (unpaired) electrons. The van der Waals surface area contributed by atoms with Crippen LogP contribution in [-0.4, -0.2) is 31.3 Å². The van der Waals surface area contributed by atoms with E-state index in [-0.39, 0.29) is 0 Å². The molecular weight excluding hydrogens is 372 g/mol. The number of pyridine rings is 1. The number of nitrogens with zero attached hydrogens (tertiary/aromatic N) is 3. The van der Waals surface area contributed by atoms with Crippen LogP contribution in [0, 0.1) is 0 Å². The number of carbonyl (C=O) groups is 1. The van der Waals surface area contributed by atoms with E-state index in [9.17, 15) is 9.90 Å². The van der Waals surface area contributed by atoms with E-state index >= 15 is 0 Å². The molecule has 0 fully saturated rings. The highest BCUT2D eigenvalue weighted by Crippen LogP contribution is 2.39. The molecule has 1 unspecified atom stereocenters. The molecule has 0 saturated heterocycles. The van der Waals surface area contributed by atoms with Gasteiger partial charge in [0.15, 0.2) is 10.8 Å². The molecule has 3 N–H and O–H groups in total. The third-order valence-electron chi connectivity index (χ3n) is 5.09. The molecule has 2 aromatic heterocycles. The van der Waals surface area contributed by atoms with E-state index in [4.69, 9.17) is 10.7 Å². The number of nitrogens with two attached hydrogens (primary N) is 1. The van der Waals surface area contributed by atoms with Gasteiger partial charge in [0.1, 0.15) is 11.1 Å². The van der Waals surface area contributed by atoms with Crippen molar-refractivity contribution in [3.63, 3.8) is 0 Å². The summed E-state index contributed by atoms with van der Waals surface area (Å²) < 4.78 is 0. The van der Waals surface area contributed by atoms with Crippen molar-refractivity contribution in [2.45, 2.75) is 49.4 Å². The number of fused-ring (bicyclic) bond motifs is 2. The van der Waals surface area contributed by atoms with Gasteiger partial charge >= 0.3 is 5.97 Å². The summed E-state index contributed by atoms with van der Waals surface area (Å²) in [5, 5.41) is 9.86. The Morgan fingerprint density at radius 1 is 1.18 bits per heavy atom. The summed E-state index contributed by atoms with van der Waals surface area (Å²) in [6.07, 6.45) is 4.61. The molecule has 144 valence electrons. The number of hydrogen-bond donors (Lipinski definition) is 2. The Labute approximate surface area is 167 Å². The number of aryl methyl sites for hydroxylation is 1. The van der Waals surface area contributed by atoms with Crippen molar-refractivity contribution in [3.8, 4) is 11.1 Å². The maximum atomic E-state index is 11.4. The van der Waals surface area contributed by atoms with E-state index in [0.29, 0.717) is 23.0 Å². The number of nitrogen functional groups attached to an aromatic ring is 1. The van der Waals surface area contributed by atoms with Crippen molar-refractivity contribution in [1.82, 2.24) is 15.0 Å². The molecule has 28 heavy (non-hydrogen) atoms. The highest BCUT2D eigenvalue weighted by molar-refractivity contribution is 8.00. The van der Waals surface area contributed by atoms with Crippen LogP contribution in [0.15, 0.2) is 35.5 Å². The van der Waals surface area contributed by atoms with Crippen LogP contribution in [-0.2, 0) is 17.6 Å². The average Bonchev–Trinajstić information content (AvgIpc) is 2.70. The van der Waals surface area contributed by atoms with Crippen molar-refractivity contribution in [2.24, 2.45) is 0 Å². The maximum Gasteiger partial charge on any atom is 0.317 e. The molecule has 4 rings (SSSR count). The summed E-state index contributed by atoms with van der Waals surface area (Å²) in [5.74, 6) is -0.523. The van der Waals surface area contributed by atoms with Crippen LogP contribution in [0.25, 0.3) is 22.2 Å². The number of anilines is 1. The van der Waals surface area contributed by atoms with Crippen LogP contribution in [0.1, 0.15) is 37.4 Å². The quantitative estimate of drug-likeness (QED) is 0.496. The summed E-state index contributed by atoms with van der Waals surface area (Å²) in [7, 11) is 0. The Hall–Kier alpha value is -2.67. The lowest BCUT2D eigenvalue weighted by atomic mass is 9.87. The van der Waals surface area contributed by atoms with E-state index < -0.39 is 11.2 Å². The topological polar surface area (TPSA) is 102 Å². The summed E-state index contributed by atoms with van der Waals surface area (Å²) in [6.45, 7) is 1.83. The number of aromatic nitrogens is 3. The number of hydrogen-bond acceptors (Lipinski definition) is 6. The van der Waals surface area contributed by atoms with Crippen LogP contribution >= 0.6 is 11.8 Å². The Kier molecular flexibility index (Phi) is 5.17. The van der Waals surface area contributed by atoms with Gasteiger partial charge in [0.05, 0.1) is 5.39 Å². The van der Waals surface area contributed by atoms with Gasteiger partial charge in [-0.1, -0.05) is 49.0 Å². The molecule has 1 aliphatic rings. The molecule has 1 atom stereocenters. The van der Waals surface area contributed by atoms with Gasteiger partial charge in [-0.25, -0.2) is 15.0 Å². The maximum absolute atomic E-state index is 11.4. The number of rotatable bonds is 5. The Morgan fingerprint density at radius 3 is 2.64 bits per heavy atom. The molecule has 2 heterocycles. The minimum atomic E-state index is -0.877. The average molecular weight is 395 g/mol. The fourth-order valence-electron chi connectivity index (χ4n) is 3.74. The third-order valence-corrected chi connectivity index (χ3v) is 6.30. The Bertz CT molecular complexity index is 1040. The standard InChI is InChI=1S/C21H22N4O2S/c1-2-15(20(26)27)28-21-24-18(22)17-16(12-8-4-3-5-9-12)13-10-6-7-11-14(13)23-19(17)25-21/h3-5,8-9,15H,2,6-7,10-11H2,1H3,(H,26,27)(H2,22,23,24,25). The molecule has 7 heteroatoms. The molecule has 0 amide bonds. The first-order valence-electron chi connectivity index (χ1n) is 9.52. The van der Waals surface area contributed by atoms with Crippen LogP contribution in [0.5, 0.6) is 0 Å². The van der Waals surface area contributed by atoms with Crippen LogP contribution in [0.3, 0.4) is 0 Å². The lowest BCUT2D eigenvalue weighted by Crippen LogP contribution is -2.16. The molecule has 6 nitrogen and oxygen atoms in total. The minimum absolute atomic E-state index is 0.354. The number of benzene rings is 1. The number of aliphatic carboxylic acids is 1. The van der Waals surface area contributed by atoms with E-state index in [1.807, 2.05) is 25.1 Å². The summed E-state index contributed by atoms with van der Waals surface area (Å²) in [5.41, 5.74) is 11.4. The zero-order valence-electron chi connectivity index (χ0n) is 15.7. The lowest BCUT2D eigenvalue weighted by molar-refractivity contribution is -0.136. The van der Waals surface area contributed by atoms with Gasteiger partial charge < -0.3 is 10.8 Å². The minimum Gasteiger partial charge on any atom is -0.480 e. The Balaban J connectivity index is 1.93. The van der Waals surface area contributed by atoms with E-state index in [1.54, 1.807) is 0 Å². The first-order chi connectivity index (χ1) is 13.6. The highest BCUT2D eigenvalue weighted by atomic mass is 32.2. The van der Waals surface area contributed by atoms with E-state index in [1.165, 1.54) is 5.56 Å². The fourth-order valence-corrected chi connectivity index (χ4v) is 4.55. The number of carboxylic acids is 1. The van der Waals surface area contributed by atoms with Crippen molar-refractivity contribution < 1.29 is 9.90 Å². The van der Waals surface area contributed by atoms with Gasteiger partial charge in [-0.2, -0.15) is 0 Å². The zero-order valence-corrected chi connectivity index (χ0v) is 16.5. The smallest absolute Gasteiger partial charge is 0.317 e. The van der Waals surface area contributed by atoms with Crippen molar-refractivity contribution in [1.29, 1.82) is 0 Å². The first-order valence-corrected chi connectivity index (χ1v) is 10.4. The third kappa shape index (κ3) is 3.42. The normalized spacial score (nSPS) is 14.6. The predicted octanol–water partition coefficient (Wildman–Crippen LogP) is 4.11. The van der Waals surface area contributed by atoms with Gasteiger partial charge in [-0.3, -0.25) is 4.79 Å². The Morgan fingerprint density at radius 2 is 1.93 bits per heavy atom. The van der Waals surface area contributed by atoms with Gasteiger partial charge in [-0.05, 0) is 43.2 Å². The summed E-state index contributed by atoms with van der Waals surface area (Å²) >= 11 is 1.12. The molecule has 3 aromatic rings. The zero-order chi connectivity index (χ0) is 19.7. The van der Waals surface area contributed by atoms with E-state index in [0.717, 1.165) is 59.7 Å². The predicted molar refractivity (Wildman–Crippen MR) is 111 cm³/mol.